The van der Waals surface area contributed by atoms with Gasteiger partial charge in [-0.2, -0.15) is 13.2 Å². The molecule has 1 aliphatic rings. The van der Waals surface area contributed by atoms with Gasteiger partial charge in [0.05, 0.1) is 17.3 Å². The second-order valence-corrected chi connectivity index (χ2v) is 8.03. The number of anilines is 1. The van der Waals surface area contributed by atoms with E-state index in [0.29, 0.717) is 18.5 Å². The fraction of sp³-hybridized carbons (Fsp3) is 0.192. The lowest BCUT2D eigenvalue weighted by Crippen LogP contribution is -2.33. The number of amides is 1. The predicted octanol–water partition coefficient (Wildman–Crippen LogP) is 6.41. The lowest BCUT2D eigenvalue weighted by molar-refractivity contribution is -0.274. The van der Waals surface area contributed by atoms with E-state index in [4.69, 9.17) is 0 Å². The number of hydrogen-bond acceptors (Lipinski definition) is 3. The highest BCUT2D eigenvalue weighted by molar-refractivity contribution is 6.08. The third-order valence-corrected chi connectivity index (χ3v) is 5.53. The maximum atomic E-state index is 13.3. The summed E-state index contributed by atoms with van der Waals surface area (Å²) in [6, 6.07) is 17.8. The normalized spacial score (nSPS) is 16.2. The van der Waals surface area contributed by atoms with E-state index < -0.39 is 35.8 Å². The van der Waals surface area contributed by atoms with Gasteiger partial charge in [-0.1, -0.05) is 42.5 Å². The molecule has 4 rings (SSSR count). The second kappa shape index (κ2) is 9.96. The molecule has 3 aromatic rings. The van der Waals surface area contributed by atoms with Crippen molar-refractivity contribution < 1.29 is 35.9 Å². The van der Waals surface area contributed by atoms with Gasteiger partial charge in [0.15, 0.2) is 0 Å². The summed E-state index contributed by atoms with van der Waals surface area (Å²) in [5.41, 5.74) is 0.799. The van der Waals surface area contributed by atoms with Gasteiger partial charge in [-0.25, -0.2) is 0 Å². The van der Waals surface area contributed by atoms with Crippen molar-refractivity contribution in [3.8, 4) is 5.75 Å². The number of hydrogen-bond donors (Lipinski definition) is 1. The third-order valence-electron chi connectivity index (χ3n) is 5.53. The van der Waals surface area contributed by atoms with Crippen LogP contribution in [0.25, 0.3) is 0 Å². The number of ether oxygens (including phenoxy) is 1. The van der Waals surface area contributed by atoms with Gasteiger partial charge in [0.25, 0.3) is 5.91 Å². The average molecular weight is 506 g/mol. The van der Waals surface area contributed by atoms with Gasteiger partial charge in [-0.3, -0.25) is 9.69 Å². The first-order valence-electron chi connectivity index (χ1n) is 10.9. The number of carbonyl (C=O) groups excluding carboxylic acids is 1. The highest BCUT2D eigenvalue weighted by atomic mass is 19.4. The van der Waals surface area contributed by atoms with E-state index in [9.17, 15) is 31.1 Å². The first kappa shape index (κ1) is 25.2. The van der Waals surface area contributed by atoms with Crippen LogP contribution in [-0.2, 0) is 17.4 Å². The van der Waals surface area contributed by atoms with Gasteiger partial charge in [-0.15, -0.1) is 13.2 Å². The first-order valence-corrected chi connectivity index (χ1v) is 10.9. The van der Waals surface area contributed by atoms with Gasteiger partial charge in [0, 0.05) is 12.2 Å². The highest BCUT2D eigenvalue weighted by Crippen LogP contribution is 2.38. The Bertz CT molecular complexity index is 1240. The molecule has 0 saturated carbocycles. The first-order chi connectivity index (χ1) is 17.0. The topological polar surface area (TPSA) is 41.6 Å². The molecule has 0 aliphatic carbocycles. The fourth-order valence-electron chi connectivity index (χ4n) is 3.91. The van der Waals surface area contributed by atoms with Crippen molar-refractivity contribution in [3.63, 3.8) is 0 Å². The molecule has 0 fully saturated rings. The summed E-state index contributed by atoms with van der Waals surface area (Å²) in [4.78, 5) is 14.5. The molecule has 1 aliphatic heterocycles. The molecule has 1 amide bonds. The molecule has 0 unspecified atom stereocenters. The fourth-order valence-corrected chi connectivity index (χ4v) is 3.91. The van der Waals surface area contributed by atoms with Crippen LogP contribution in [0.1, 0.15) is 22.7 Å². The summed E-state index contributed by atoms with van der Waals surface area (Å²) >= 11 is 0. The van der Waals surface area contributed by atoms with Crippen molar-refractivity contribution in [2.45, 2.75) is 25.0 Å². The Morgan fingerprint density at radius 2 is 1.56 bits per heavy atom. The summed E-state index contributed by atoms with van der Waals surface area (Å²) in [7, 11) is 0. The molecule has 1 N–H and O–H groups in total. The van der Waals surface area contributed by atoms with Crippen LogP contribution in [0.2, 0.25) is 0 Å². The van der Waals surface area contributed by atoms with Crippen LogP contribution in [0.3, 0.4) is 0 Å². The summed E-state index contributed by atoms with van der Waals surface area (Å²) in [6.45, 7) is 0.395. The molecule has 10 heteroatoms. The summed E-state index contributed by atoms with van der Waals surface area (Å²) < 4.78 is 81.3. The third kappa shape index (κ3) is 5.99. The molecule has 36 heavy (non-hydrogen) atoms. The van der Waals surface area contributed by atoms with Crippen LogP contribution in [0.4, 0.5) is 32.0 Å². The Labute approximate surface area is 202 Å². The largest absolute Gasteiger partial charge is 0.573 e. The maximum Gasteiger partial charge on any atom is 0.573 e. The molecule has 1 heterocycles. The summed E-state index contributed by atoms with van der Waals surface area (Å²) in [6.07, 6.45) is -7.32. The minimum Gasteiger partial charge on any atom is -0.406 e. The van der Waals surface area contributed by atoms with Gasteiger partial charge in [-0.05, 0) is 60.0 Å². The zero-order valence-corrected chi connectivity index (χ0v) is 18.6. The van der Waals surface area contributed by atoms with Crippen molar-refractivity contribution in [2.24, 2.45) is 0 Å². The van der Waals surface area contributed by atoms with Crippen molar-refractivity contribution in [1.29, 1.82) is 0 Å². The minimum atomic E-state index is -4.91. The Balaban J connectivity index is 1.63. The van der Waals surface area contributed by atoms with E-state index in [2.05, 4.69) is 10.1 Å². The molecule has 0 spiro atoms. The number of rotatable bonds is 7. The minimum absolute atomic E-state index is 0.163. The molecule has 1 atom stereocenters. The quantitative estimate of drug-likeness (QED) is 0.377. The molecule has 0 aromatic heterocycles. The number of nitrogens with one attached hydrogen (secondary N) is 1. The zero-order chi connectivity index (χ0) is 25.9. The van der Waals surface area contributed by atoms with Crippen LogP contribution in [0.15, 0.2) is 90.6 Å². The van der Waals surface area contributed by atoms with Crippen LogP contribution >= 0.6 is 0 Å². The molecule has 4 nitrogen and oxygen atoms in total. The summed E-state index contributed by atoms with van der Waals surface area (Å²) in [5, 5.41) is 3.05. The summed E-state index contributed by atoms with van der Waals surface area (Å²) in [5.74, 6) is -0.992. The Morgan fingerprint density at radius 3 is 2.19 bits per heavy atom. The van der Waals surface area contributed by atoms with Crippen LogP contribution < -0.4 is 15.0 Å². The molecular formula is C26H20F6N2O2. The van der Waals surface area contributed by atoms with Gasteiger partial charge >= 0.3 is 12.5 Å². The van der Waals surface area contributed by atoms with Gasteiger partial charge in [0.2, 0.25) is 0 Å². The lowest BCUT2D eigenvalue weighted by atomic mass is 10.1. The predicted molar refractivity (Wildman–Crippen MR) is 121 cm³/mol. The molecule has 188 valence electrons. The standard InChI is InChI=1S/C26H20F6N2O2/c27-25(28,29)19-9-11-20(12-10-19)34-23(18-7-4-8-21(15-18)36-26(30,31)32)16-22(24(34)35)33-14-13-17-5-2-1-3-6-17/h1-12,15-16,23,33H,13-14H2/t23-/m1/s1. The lowest BCUT2D eigenvalue weighted by Gasteiger charge is -2.26. The zero-order valence-electron chi connectivity index (χ0n) is 18.6. The van der Waals surface area contributed by atoms with E-state index in [-0.39, 0.29) is 11.4 Å². The molecular weight excluding hydrogens is 486 g/mol. The molecule has 3 aromatic carbocycles. The highest BCUT2D eigenvalue weighted by Gasteiger charge is 2.37. The van der Waals surface area contributed by atoms with E-state index in [1.165, 1.54) is 23.1 Å². The molecule has 0 radical (unpaired) electrons. The second-order valence-electron chi connectivity index (χ2n) is 8.03. The van der Waals surface area contributed by atoms with Gasteiger partial charge < -0.3 is 10.1 Å². The van der Waals surface area contributed by atoms with E-state index in [1.807, 2.05) is 30.3 Å². The van der Waals surface area contributed by atoms with Crippen LogP contribution in [-0.4, -0.2) is 18.8 Å². The van der Waals surface area contributed by atoms with Crippen molar-refractivity contribution in [1.82, 2.24) is 5.32 Å². The monoisotopic (exact) mass is 506 g/mol. The number of nitrogens with zero attached hydrogens (tertiary/aromatic N) is 1. The maximum absolute atomic E-state index is 13.3. The van der Waals surface area contributed by atoms with Crippen LogP contribution in [0, 0.1) is 0 Å². The van der Waals surface area contributed by atoms with E-state index in [0.717, 1.165) is 42.0 Å². The number of benzene rings is 3. The van der Waals surface area contributed by atoms with Crippen LogP contribution in [0.5, 0.6) is 5.75 Å². The molecule has 0 bridgehead atoms. The van der Waals surface area contributed by atoms with Crippen molar-refractivity contribution in [2.75, 3.05) is 11.4 Å². The SMILES string of the molecule is O=C1C(NCCc2ccccc2)=C[C@H](c2cccc(OC(F)(F)F)c2)N1c1ccc(C(F)(F)F)cc1. The Morgan fingerprint density at radius 1 is 0.861 bits per heavy atom. The average Bonchev–Trinajstić information content (AvgIpc) is 3.14. The van der Waals surface area contributed by atoms with Crippen molar-refractivity contribution >= 4 is 11.6 Å². The number of alkyl halides is 6. The van der Waals surface area contributed by atoms with E-state index >= 15 is 0 Å². The smallest absolute Gasteiger partial charge is 0.406 e. The Hall–Kier alpha value is -3.95. The Kier molecular flexibility index (Phi) is 6.96. The number of halogens is 6. The molecule has 0 saturated heterocycles. The van der Waals surface area contributed by atoms with Crippen molar-refractivity contribution in [3.05, 3.63) is 107 Å². The van der Waals surface area contributed by atoms with E-state index in [1.54, 1.807) is 0 Å². The van der Waals surface area contributed by atoms with Gasteiger partial charge in [0.1, 0.15) is 5.75 Å². The number of carbonyl (C=O) groups is 1.